The van der Waals surface area contributed by atoms with Gasteiger partial charge in [-0.2, -0.15) is 4.98 Å². The van der Waals surface area contributed by atoms with E-state index in [2.05, 4.69) is 9.97 Å². The second-order valence-corrected chi connectivity index (χ2v) is 5.46. The normalized spacial score (nSPS) is 16.3. The molecule has 3 N–H and O–H groups in total. The number of hydrogen-bond donors (Lipinski definition) is 2. The zero-order valence-electron chi connectivity index (χ0n) is 12.0. The number of fused-ring (bicyclic) bond motifs is 1. The molecule has 0 saturated heterocycles. The second-order valence-electron chi connectivity index (χ2n) is 5.07. The van der Waals surface area contributed by atoms with Crippen molar-refractivity contribution in [2.75, 3.05) is 10.6 Å². The van der Waals surface area contributed by atoms with Gasteiger partial charge in [0, 0.05) is 17.7 Å². The van der Waals surface area contributed by atoms with Crippen molar-refractivity contribution in [3.63, 3.8) is 0 Å². The van der Waals surface area contributed by atoms with Gasteiger partial charge < -0.3 is 15.6 Å². The first-order valence-electron chi connectivity index (χ1n) is 6.68. The maximum atomic E-state index is 14.6. The highest BCUT2D eigenvalue weighted by molar-refractivity contribution is 6.29. The van der Waals surface area contributed by atoms with Gasteiger partial charge in [-0.05, 0) is 25.5 Å². The van der Waals surface area contributed by atoms with E-state index in [-0.39, 0.29) is 40.8 Å². The smallest absolute Gasteiger partial charge is 0.412 e. The highest BCUT2D eigenvalue weighted by Crippen LogP contribution is 2.38. The van der Waals surface area contributed by atoms with Crippen LogP contribution in [-0.2, 0) is 6.42 Å². The molecule has 23 heavy (non-hydrogen) atoms. The number of amides is 1. The van der Waals surface area contributed by atoms with Gasteiger partial charge in [0.05, 0.1) is 5.69 Å². The molecule has 1 aromatic carbocycles. The summed E-state index contributed by atoms with van der Waals surface area (Å²) >= 11 is 5.75. The van der Waals surface area contributed by atoms with Gasteiger partial charge >= 0.3 is 6.09 Å². The lowest BCUT2D eigenvalue weighted by molar-refractivity contribution is 0.200. The Kier molecular flexibility index (Phi) is 3.69. The minimum Gasteiger partial charge on any atom is -0.465 e. The monoisotopic (exact) mass is 338 g/mol. The first kappa shape index (κ1) is 15.3. The molecule has 2 aromatic rings. The Hall–Kier alpha value is -2.61. The summed E-state index contributed by atoms with van der Waals surface area (Å²) in [6, 6.07) is 3.79. The lowest BCUT2D eigenvalue weighted by Gasteiger charge is -2.18. The first-order chi connectivity index (χ1) is 10.9. The zero-order chi connectivity index (χ0) is 16.7. The summed E-state index contributed by atoms with van der Waals surface area (Å²) in [7, 11) is 0. The van der Waals surface area contributed by atoms with E-state index in [0.717, 1.165) is 4.90 Å². The highest BCUT2D eigenvalue weighted by atomic mass is 35.5. The standard InChI is InChI=1S/C14H12ClFN4O3/c1-6-4-7-8(20(6)14(21)22)2-3-9(12(7)16)23-11-5-10(15)18-13(17)19-11/h2-3,5-6H,4H2,1H3,(H,21,22)(H2,17,18,19). The van der Waals surface area contributed by atoms with E-state index in [1.165, 1.54) is 18.2 Å². The molecule has 1 aromatic heterocycles. The van der Waals surface area contributed by atoms with Crippen LogP contribution in [0.15, 0.2) is 18.2 Å². The number of rotatable bonds is 2. The molecule has 0 saturated carbocycles. The number of hydrogen-bond acceptors (Lipinski definition) is 5. The minimum atomic E-state index is -1.13. The number of halogens is 2. The Balaban J connectivity index is 1.97. The number of nitrogen functional groups attached to an aromatic ring is 1. The number of aromatic nitrogens is 2. The molecule has 2 heterocycles. The average Bonchev–Trinajstić information content (AvgIpc) is 2.78. The summed E-state index contributed by atoms with van der Waals surface area (Å²) in [6.45, 7) is 1.71. The van der Waals surface area contributed by atoms with E-state index in [0.29, 0.717) is 5.69 Å². The molecule has 1 atom stereocenters. The molecule has 1 aliphatic rings. The number of nitrogens with two attached hydrogens (primary N) is 1. The lowest BCUT2D eigenvalue weighted by Crippen LogP contribution is -2.34. The van der Waals surface area contributed by atoms with E-state index in [1.807, 2.05) is 0 Å². The largest absolute Gasteiger partial charge is 0.465 e. The molecule has 0 aliphatic carbocycles. The molecular formula is C14H12ClFN4O3. The Morgan fingerprint density at radius 2 is 2.26 bits per heavy atom. The van der Waals surface area contributed by atoms with Gasteiger partial charge in [0.15, 0.2) is 11.6 Å². The first-order valence-corrected chi connectivity index (χ1v) is 7.06. The molecule has 7 nitrogen and oxygen atoms in total. The molecule has 1 aliphatic heterocycles. The van der Waals surface area contributed by atoms with Gasteiger partial charge in [0.25, 0.3) is 0 Å². The van der Waals surface area contributed by atoms with Gasteiger partial charge in [-0.1, -0.05) is 11.6 Å². The summed E-state index contributed by atoms with van der Waals surface area (Å²) in [5.41, 5.74) is 6.06. The molecule has 1 amide bonds. The molecule has 0 radical (unpaired) electrons. The van der Waals surface area contributed by atoms with Crippen LogP contribution < -0.4 is 15.4 Å². The minimum absolute atomic E-state index is 0.00230. The fourth-order valence-corrected chi connectivity index (χ4v) is 2.76. The van der Waals surface area contributed by atoms with E-state index in [9.17, 15) is 14.3 Å². The van der Waals surface area contributed by atoms with Crippen LogP contribution in [0.4, 0.5) is 20.8 Å². The fourth-order valence-electron chi connectivity index (χ4n) is 2.58. The maximum Gasteiger partial charge on any atom is 0.412 e. The third-order valence-electron chi connectivity index (χ3n) is 3.49. The van der Waals surface area contributed by atoms with Crippen molar-refractivity contribution >= 4 is 29.3 Å². The number of carboxylic acid groups (broad SMARTS) is 1. The van der Waals surface area contributed by atoms with Gasteiger partial charge in [-0.3, -0.25) is 4.90 Å². The number of benzene rings is 1. The molecular weight excluding hydrogens is 327 g/mol. The van der Waals surface area contributed by atoms with Crippen LogP contribution in [0.25, 0.3) is 0 Å². The molecule has 0 spiro atoms. The van der Waals surface area contributed by atoms with E-state index in [1.54, 1.807) is 6.92 Å². The van der Waals surface area contributed by atoms with Crippen LogP contribution in [-0.4, -0.2) is 27.2 Å². The van der Waals surface area contributed by atoms with Crippen molar-refractivity contribution < 1.29 is 19.0 Å². The SMILES string of the molecule is CC1Cc2c(ccc(Oc3cc(Cl)nc(N)n3)c2F)N1C(=O)O. The molecule has 120 valence electrons. The quantitative estimate of drug-likeness (QED) is 0.816. The summed E-state index contributed by atoms with van der Waals surface area (Å²) in [4.78, 5) is 19.9. The Morgan fingerprint density at radius 3 is 2.91 bits per heavy atom. The molecule has 1 unspecified atom stereocenters. The van der Waals surface area contributed by atoms with Gasteiger partial charge in [-0.25, -0.2) is 14.2 Å². The van der Waals surface area contributed by atoms with Gasteiger partial charge in [-0.15, -0.1) is 0 Å². The lowest BCUT2D eigenvalue weighted by atomic mass is 10.1. The summed E-state index contributed by atoms with van der Waals surface area (Å²) in [6.07, 6.45) is -0.864. The third-order valence-corrected chi connectivity index (χ3v) is 3.69. The second kappa shape index (κ2) is 5.54. The third kappa shape index (κ3) is 2.72. The predicted molar refractivity (Wildman–Crippen MR) is 81.6 cm³/mol. The van der Waals surface area contributed by atoms with Crippen molar-refractivity contribution in [2.24, 2.45) is 0 Å². The number of anilines is 2. The van der Waals surface area contributed by atoms with Crippen LogP contribution in [0.2, 0.25) is 5.15 Å². The van der Waals surface area contributed by atoms with Crippen LogP contribution in [0, 0.1) is 5.82 Å². The molecule has 9 heteroatoms. The van der Waals surface area contributed by atoms with Gasteiger partial charge in [0.1, 0.15) is 5.15 Å². The van der Waals surface area contributed by atoms with E-state index < -0.39 is 11.9 Å². The van der Waals surface area contributed by atoms with Crippen molar-refractivity contribution in [1.82, 2.24) is 9.97 Å². The van der Waals surface area contributed by atoms with Crippen LogP contribution in [0.1, 0.15) is 12.5 Å². The van der Waals surface area contributed by atoms with Crippen molar-refractivity contribution in [3.05, 3.63) is 34.7 Å². The van der Waals surface area contributed by atoms with E-state index in [4.69, 9.17) is 22.1 Å². The van der Waals surface area contributed by atoms with Crippen molar-refractivity contribution in [2.45, 2.75) is 19.4 Å². The Morgan fingerprint density at radius 1 is 1.52 bits per heavy atom. The van der Waals surface area contributed by atoms with Crippen LogP contribution >= 0.6 is 11.6 Å². The Labute approximate surface area is 135 Å². The Bertz CT molecular complexity index is 782. The summed E-state index contributed by atoms with van der Waals surface area (Å²) in [5.74, 6) is -0.814. The highest BCUT2D eigenvalue weighted by Gasteiger charge is 2.34. The van der Waals surface area contributed by atoms with Crippen LogP contribution in [0.5, 0.6) is 11.6 Å². The van der Waals surface area contributed by atoms with E-state index >= 15 is 0 Å². The molecule has 0 bridgehead atoms. The number of carbonyl (C=O) groups is 1. The van der Waals surface area contributed by atoms with Crippen molar-refractivity contribution in [3.8, 4) is 11.6 Å². The van der Waals surface area contributed by atoms with Crippen molar-refractivity contribution in [1.29, 1.82) is 0 Å². The summed E-state index contributed by atoms with van der Waals surface area (Å²) in [5, 5.41) is 9.28. The van der Waals surface area contributed by atoms with Crippen LogP contribution in [0.3, 0.4) is 0 Å². The number of nitrogens with zero attached hydrogens (tertiary/aromatic N) is 3. The summed E-state index contributed by atoms with van der Waals surface area (Å²) < 4.78 is 20.0. The van der Waals surface area contributed by atoms with Gasteiger partial charge in [0.2, 0.25) is 11.8 Å². The average molecular weight is 339 g/mol. The predicted octanol–water partition coefficient (Wildman–Crippen LogP) is 3.07. The maximum absolute atomic E-state index is 14.6. The molecule has 3 rings (SSSR count). The molecule has 0 fully saturated rings. The zero-order valence-corrected chi connectivity index (χ0v) is 12.7. The topological polar surface area (TPSA) is 102 Å². The number of ether oxygens (including phenoxy) is 1. The fraction of sp³-hybridized carbons (Fsp3) is 0.214.